The first kappa shape index (κ1) is 24.0. The summed E-state index contributed by atoms with van der Waals surface area (Å²) in [6.45, 7) is 6.10. The van der Waals surface area contributed by atoms with E-state index in [2.05, 4.69) is 21.8 Å². The molecule has 194 valence electrons. The number of nitrogens with two attached hydrogens (primary N) is 2. The van der Waals surface area contributed by atoms with Gasteiger partial charge in [-0.25, -0.2) is 4.98 Å². The van der Waals surface area contributed by atoms with Crippen LogP contribution in [0.25, 0.3) is 32.6 Å². The van der Waals surface area contributed by atoms with Crippen molar-refractivity contribution in [2.24, 2.45) is 0 Å². The van der Waals surface area contributed by atoms with E-state index in [9.17, 15) is 0 Å². The van der Waals surface area contributed by atoms with Crippen molar-refractivity contribution in [3.63, 3.8) is 0 Å². The van der Waals surface area contributed by atoms with E-state index in [4.69, 9.17) is 25.9 Å². The van der Waals surface area contributed by atoms with Crippen molar-refractivity contribution in [3.8, 4) is 11.5 Å². The first-order valence-corrected chi connectivity index (χ1v) is 13.3. The fraction of sp³-hybridized carbons (Fsp3) is 0.448. The van der Waals surface area contributed by atoms with Gasteiger partial charge in [0.25, 0.3) is 0 Å². The topological polar surface area (TPSA) is 103 Å². The minimum Gasteiger partial charge on any atom is -0.493 e. The Morgan fingerprint density at radius 3 is 2.59 bits per heavy atom. The largest absolute Gasteiger partial charge is 0.493 e. The summed E-state index contributed by atoms with van der Waals surface area (Å²) in [6, 6.07) is 9.02. The number of fused-ring (bicyclic) bond motifs is 5. The molecular weight excluding hydrogens is 464 g/mol. The lowest BCUT2D eigenvalue weighted by Crippen LogP contribution is -2.42. The predicted octanol–water partition coefficient (Wildman–Crippen LogP) is 4.36. The van der Waals surface area contributed by atoms with Gasteiger partial charge in [0.05, 0.1) is 18.1 Å². The normalized spacial score (nSPS) is 20.9. The van der Waals surface area contributed by atoms with Crippen molar-refractivity contribution >= 4 is 44.1 Å². The van der Waals surface area contributed by atoms with E-state index in [1.54, 1.807) is 13.3 Å². The Balaban J connectivity index is 1.35. The smallest absolute Gasteiger partial charge is 0.163 e. The molecule has 2 aromatic carbocycles. The van der Waals surface area contributed by atoms with Crippen LogP contribution < -0.4 is 20.9 Å². The minimum absolute atomic E-state index is 0.419. The van der Waals surface area contributed by atoms with E-state index in [1.807, 2.05) is 31.2 Å². The maximum atomic E-state index is 6.43. The molecule has 4 N–H and O–H groups in total. The van der Waals surface area contributed by atoms with Gasteiger partial charge in [-0.3, -0.25) is 9.88 Å². The SMILES string of the molecule is COc1cc2c(cc1OCC1CCCN1C[C@@H]1CCCN1C)ncc1c(N)nc3c(C)c(N)ccc3c12. The number of nitrogens with zero attached hydrogens (tertiary/aromatic N) is 4. The van der Waals surface area contributed by atoms with Crippen LogP contribution >= 0.6 is 0 Å². The fourth-order valence-electron chi connectivity index (χ4n) is 6.19. The van der Waals surface area contributed by atoms with Crippen molar-refractivity contribution in [2.75, 3.05) is 51.9 Å². The van der Waals surface area contributed by atoms with E-state index < -0.39 is 0 Å². The number of methoxy groups -OCH3 is 1. The lowest BCUT2D eigenvalue weighted by molar-refractivity contribution is 0.138. The third kappa shape index (κ3) is 4.18. The van der Waals surface area contributed by atoms with E-state index in [0.717, 1.165) is 63.4 Å². The molecule has 0 saturated carbocycles. The van der Waals surface area contributed by atoms with Crippen molar-refractivity contribution in [3.05, 3.63) is 36.0 Å². The highest BCUT2D eigenvalue weighted by Crippen LogP contribution is 2.40. The second kappa shape index (κ2) is 9.50. The van der Waals surface area contributed by atoms with Gasteiger partial charge in [0, 0.05) is 58.1 Å². The highest BCUT2D eigenvalue weighted by molar-refractivity contribution is 6.21. The van der Waals surface area contributed by atoms with Crippen LogP contribution in [0.3, 0.4) is 0 Å². The summed E-state index contributed by atoms with van der Waals surface area (Å²) in [5.74, 6) is 1.86. The second-order valence-corrected chi connectivity index (χ2v) is 10.6. The summed E-state index contributed by atoms with van der Waals surface area (Å²) in [6.07, 6.45) is 6.78. The van der Waals surface area contributed by atoms with Crippen LogP contribution in [0, 0.1) is 6.92 Å². The number of nitrogen functional groups attached to an aromatic ring is 2. The molecule has 0 spiro atoms. The quantitative estimate of drug-likeness (QED) is 0.297. The summed E-state index contributed by atoms with van der Waals surface area (Å²) in [7, 11) is 3.93. The minimum atomic E-state index is 0.419. The predicted molar refractivity (Wildman–Crippen MR) is 150 cm³/mol. The molecule has 0 radical (unpaired) electrons. The van der Waals surface area contributed by atoms with Gasteiger partial charge in [-0.05, 0) is 70.4 Å². The van der Waals surface area contributed by atoms with Crippen molar-refractivity contribution < 1.29 is 9.47 Å². The summed E-state index contributed by atoms with van der Waals surface area (Å²) < 4.78 is 12.2. The van der Waals surface area contributed by atoms with Gasteiger partial charge >= 0.3 is 0 Å². The van der Waals surface area contributed by atoms with Crippen LogP contribution in [0.5, 0.6) is 11.5 Å². The number of hydrogen-bond acceptors (Lipinski definition) is 8. The zero-order valence-corrected chi connectivity index (χ0v) is 22.0. The first-order valence-electron chi connectivity index (χ1n) is 13.3. The fourth-order valence-corrected chi connectivity index (χ4v) is 6.19. The van der Waals surface area contributed by atoms with Gasteiger partial charge in [0.2, 0.25) is 0 Å². The van der Waals surface area contributed by atoms with Crippen LogP contribution in [0.1, 0.15) is 31.2 Å². The second-order valence-electron chi connectivity index (χ2n) is 10.6. The van der Waals surface area contributed by atoms with Gasteiger partial charge in [-0.15, -0.1) is 0 Å². The van der Waals surface area contributed by atoms with Crippen molar-refractivity contribution in [2.45, 2.75) is 44.7 Å². The lowest BCUT2D eigenvalue weighted by atomic mass is 9.99. The van der Waals surface area contributed by atoms with Crippen LogP contribution in [0.15, 0.2) is 30.5 Å². The van der Waals surface area contributed by atoms with Gasteiger partial charge in [-0.1, -0.05) is 6.07 Å². The van der Waals surface area contributed by atoms with Crippen LogP contribution in [-0.2, 0) is 0 Å². The molecule has 2 aliphatic rings. The number of aryl methyl sites for hydroxylation is 1. The number of likely N-dealkylation sites (N-methyl/N-ethyl adjacent to an activating group) is 1. The van der Waals surface area contributed by atoms with Crippen LogP contribution in [-0.4, -0.2) is 72.3 Å². The maximum Gasteiger partial charge on any atom is 0.163 e. The molecule has 37 heavy (non-hydrogen) atoms. The highest BCUT2D eigenvalue weighted by atomic mass is 16.5. The number of ether oxygens (including phenoxy) is 2. The molecule has 6 rings (SSSR count). The molecule has 0 bridgehead atoms. The highest BCUT2D eigenvalue weighted by Gasteiger charge is 2.30. The van der Waals surface area contributed by atoms with Gasteiger partial charge in [0.1, 0.15) is 12.4 Å². The third-order valence-electron chi connectivity index (χ3n) is 8.45. The van der Waals surface area contributed by atoms with E-state index in [1.165, 1.54) is 25.8 Å². The maximum absolute atomic E-state index is 6.43. The number of likely N-dealkylation sites (tertiary alicyclic amines) is 2. The van der Waals surface area contributed by atoms with E-state index >= 15 is 0 Å². The molecule has 2 fully saturated rings. The Bertz CT molecular complexity index is 1490. The average Bonchev–Trinajstić information content (AvgIpc) is 3.52. The number of rotatable bonds is 6. The molecule has 8 heteroatoms. The van der Waals surface area contributed by atoms with Gasteiger partial charge in [0.15, 0.2) is 11.5 Å². The summed E-state index contributed by atoms with van der Waals surface area (Å²) in [5, 5.41) is 3.77. The van der Waals surface area contributed by atoms with E-state index in [0.29, 0.717) is 35.9 Å². The Morgan fingerprint density at radius 2 is 1.81 bits per heavy atom. The summed E-state index contributed by atoms with van der Waals surface area (Å²) >= 11 is 0. The molecule has 2 aliphatic heterocycles. The number of hydrogen-bond donors (Lipinski definition) is 2. The number of aromatic nitrogens is 2. The van der Waals surface area contributed by atoms with Gasteiger partial charge in [-0.2, -0.15) is 0 Å². The third-order valence-corrected chi connectivity index (χ3v) is 8.45. The zero-order valence-electron chi connectivity index (χ0n) is 22.0. The molecule has 1 unspecified atom stereocenters. The molecule has 8 nitrogen and oxygen atoms in total. The number of benzene rings is 2. The van der Waals surface area contributed by atoms with Crippen LogP contribution in [0.4, 0.5) is 11.5 Å². The van der Waals surface area contributed by atoms with E-state index in [-0.39, 0.29) is 0 Å². The Morgan fingerprint density at radius 1 is 1.00 bits per heavy atom. The van der Waals surface area contributed by atoms with Crippen LogP contribution in [0.2, 0.25) is 0 Å². The Labute approximate surface area is 217 Å². The number of anilines is 2. The zero-order chi connectivity index (χ0) is 25.7. The molecule has 2 atom stereocenters. The molecule has 0 amide bonds. The average molecular weight is 501 g/mol. The Hall–Kier alpha value is -3.36. The summed E-state index contributed by atoms with van der Waals surface area (Å²) in [5.41, 5.74) is 15.8. The molecule has 2 aromatic heterocycles. The monoisotopic (exact) mass is 500 g/mol. The lowest BCUT2D eigenvalue weighted by Gasteiger charge is -2.30. The molecule has 0 aliphatic carbocycles. The van der Waals surface area contributed by atoms with Crippen molar-refractivity contribution in [1.29, 1.82) is 0 Å². The Kier molecular flexibility index (Phi) is 6.16. The first-order chi connectivity index (χ1) is 17.9. The molecule has 4 heterocycles. The number of pyridine rings is 2. The molecular formula is C29H36N6O2. The standard InChI is InChI=1S/C29H36N6O2/c1-17-23(30)9-8-20-27-21-12-25(36-3)26(13-24(21)32-14-22(27)29(31)33-28(17)20)37-16-19-7-5-11-35(19)15-18-6-4-10-34(18)2/h8-9,12-14,18-19H,4-7,10-11,15-16,30H2,1-3H3,(H2,31,33)/t18-,19?/m0/s1. The molecule has 2 saturated heterocycles. The van der Waals surface area contributed by atoms with Crippen molar-refractivity contribution in [1.82, 2.24) is 19.8 Å². The van der Waals surface area contributed by atoms with Gasteiger partial charge < -0.3 is 25.8 Å². The molecule has 4 aromatic rings. The summed E-state index contributed by atoms with van der Waals surface area (Å²) in [4.78, 5) is 14.5.